The molecule has 0 saturated heterocycles. The van der Waals surface area contributed by atoms with E-state index >= 15 is 0 Å². The second-order valence-corrected chi connectivity index (χ2v) is 5.61. The Labute approximate surface area is 118 Å². The fourth-order valence-electron chi connectivity index (χ4n) is 2.31. The molecule has 0 atom stereocenters. The molecule has 0 fully saturated rings. The van der Waals surface area contributed by atoms with Gasteiger partial charge in [-0.15, -0.1) is 0 Å². The first-order valence-corrected chi connectivity index (χ1v) is 6.80. The highest BCUT2D eigenvalue weighted by Crippen LogP contribution is 2.13. The van der Waals surface area contributed by atoms with E-state index in [1.165, 1.54) is 9.13 Å². The lowest BCUT2D eigenvalue weighted by Gasteiger charge is -2.12. The molecule has 0 radical (unpaired) electrons. The summed E-state index contributed by atoms with van der Waals surface area (Å²) in [6.45, 7) is 8.53. The molecule has 0 aliphatic heterocycles. The number of aryl methyl sites for hydroxylation is 2. The van der Waals surface area contributed by atoms with Crippen LogP contribution in [-0.2, 0) is 6.54 Å². The lowest BCUT2D eigenvalue weighted by molar-refractivity contribution is 0.504. The lowest BCUT2D eigenvalue weighted by atomic mass is 10.1. The Morgan fingerprint density at radius 2 is 1.75 bits per heavy atom. The SMILES string of the molecule is Cc1ccc(-n2ccn(CC(C)C)c(=O)c2=O)c(C)c1. The number of aromatic nitrogens is 2. The summed E-state index contributed by atoms with van der Waals surface area (Å²) in [5.41, 5.74) is 1.90. The van der Waals surface area contributed by atoms with Gasteiger partial charge in [0.25, 0.3) is 0 Å². The van der Waals surface area contributed by atoms with Gasteiger partial charge in [-0.05, 0) is 31.4 Å². The second-order valence-electron chi connectivity index (χ2n) is 5.61. The highest BCUT2D eigenvalue weighted by molar-refractivity contribution is 5.42. The summed E-state index contributed by atoms with van der Waals surface area (Å²) in [6, 6.07) is 5.81. The van der Waals surface area contributed by atoms with Crippen LogP contribution in [0.1, 0.15) is 25.0 Å². The van der Waals surface area contributed by atoms with Crippen LogP contribution in [0.3, 0.4) is 0 Å². The van der Waals surface area contributed by atoms with Crippen LogP contribution in [0.25, 0.3) is 5.69 Å². The molecule has 106 valence electrons. The van der Waals surface area contributed by atoms with E-state index in [9.17, 15) is 9.59 Å². The van der Waals surface area contributed by atoms with E-state index in [0.29, 0.717) is 12.5 Å². The first kappa shape index (κ1) is 14.3. The maximum atomic E-state index is 12.2. The minimum absolute atomic E-state index is 0.323. The highest BCUT2D eigenvalue weighted by Gasteiger charge is 2.09. The predicted molar refractivity (Wildman–Crippen MR) is 80.6 cm³/mol. The average Bonchev–Trinajstić information content (AvgIpc) is 2.36. The Morgan fingerprint density at radius 1 is 1.05 bits per heavy atom. The van der Waals surface area contributed by atoms with Crippen LogP contribution >= 0.6 is 0 Å². The molecule has 1 aromatic carbocycles. The molecule has 4 heteroatoms. The number of nitrogens with zero attached hydrogens (tertiary/aromatic N) is 2. The Bertz CT molecular complexity index is 739. The topological polar surface area (TPSA) is 44.0 Å². The van der Waals surface area contributed by atoms with Gasteiger partial charge in [-0.3, -0.25) is 14.2 Å². The summed E-state index contributed by atoms with van der Waals surface area (Å²) in [5.74, 6) is 0.323. The van der Waals surface area contributed by atoms with E-state index in [4.69, 9.17) is 0 Å². The quantitative estimate of drug-likeness (QED) is 0.805. The highest BCUT2D eigenvalue weighted by atomic mass is 16.2. The molecular formula is C16H20N2O2. The van der Waals surface area contributed by atoms with E-state index in [1.54, 1.807) is 12.4 Å². The van der Waals surface area contributed by atoms with Gasteiger partial charge in [-0.25, -0.2) is 0 Å². The molecule has 0 aliphatic rings. The second kappa shape index (κ2) is 5.49. The van der Waals surface area contributed by atoms with Crippen LogP contribution in [-0.4, -0.2) is 9.13 Å². The average molecular weight is 272 g/mol. The van der Waals surface area contributed by atoms with Crippen molar-refractivity contribution in [3.63, 3.8) is 0 Å². The van der Waals surface area contributed by atoms with Gasteiger partial charge < -0.3 is 4.57 Å². The smallest absolute Gasteiger partial charge is 0.309 e. The summed E-state index contributed by atoms with van der Waals surface area (Å²) in [4.78, 5) is 24.3. The van der Waals surface area contributed by atoms with Crippen molar-refractivity contribution in [2.75, 3.05) is 0 Å². The van der Waals surface area contributed by atoms with Gasteiger partial charge in [-0.1, -0.05) is 31.5 Å². The summed E-state index contributed by atoms with van der Waals surface area (Å²) < 4.78 is 2.90. The molecule has 0 unspecified atom stereocenters. The van der Waals surface area contributed by atoms with Crippen molar-refractivity contribution in [3.05, 3.63) is 62.4 Å². The van der Waals surface area contributed by atoms with Gasteiger partial charge in [0.1, 0.15) is 0 Å². The molecule has 0 saturated carbocycles. The number of benzene rings is 1. The van der Waals surface area contributed by atoms with Crippen molar-refractivity contribution in [2.45, 2.75) is 34.2 Å². The first-order valence-electron chi connectivity index (χ1n) is 6.80. The lowest BCUT2D eigenvalue weighted by Crippen LogP contribution is -2.40. The fourth-order valence-corrected chi connectivity index (χ4v) is 2.31. The van der Waals surface area contributed by atoms with Gasteiger partial charge in [0, 0.05) is 18.9 Å². The van der Waals surface area contributed by atoms with Crippen LogP contribution in [0.2, 0.25) is 0 Å². The number of hydrogen-bond donors (Lipinski definition) is 0. The van der Waals surface area contributed by atoms with E-state index < -0.39 is 11.1 Å². The molecule has 0 amide bonds. The third kappa shape index (κ3) is 2.74. The van der Waals surface area contributed by atoms with E-state index in [2.05, 4.69) is 0 Å². The third-order valence-corrected chi connectivity index (χ3v) is 3.23. The maximum absolute atomic E-state index is 12.2. The van der Waals surface area contributed by atoms with Gasteiger partial charge in [0.05, 0.1) is 5.69 Å². The van der Waals surface area contributed by atoms with Crippen molar-refractivity contribution in [1.82, 2.24) is 9.13 Å². The van der Waals surface area contributed by atoms with Gasteiger partial charge in [0.2, 0.25) is 0 Å². The van der Waals surface area contributed by atoms with Crippen LogP contribution < -0.4 is 11.1 Å². The minimum atomic E-state index is -0.500. The zero-order valence-corrected chi connectivity index (χ0v) is 12.4. The Hall–Kier alpha value is -2.10. The summed E-state index contributed by atoms with van der Waals surface area (Å²) in [7, 11) is 0. The van der Waals surface area contributed by atoms with Crippen molar-refractivity contribution < 1.29 is 0 Å². The number of hydrogen-bond acceptors (Lipinski definition) is 2. The molecule has 20 heavy (non-hydrogen) atoms. The molecule has 2 rings (SSSR count). The Kier molecular flexibility index (Phi) is 3.93. The van der Waals surface area contributed by atoms with Crippen molar-refractivity contribution in [1.29, 1.82) is 0 Å². The van der Waals surface area contributed by atoms with E-state index in [-0.39, 0.29) is 0 Å². The Balaban J connectivity index is 2.57. The molecule has 1 aromatic heterocycles. The van der Waals surface area contributed by atoms with Crippen molar-refractivity contribution in [2.24, 2.45) is 5.92 Å². The van der Waals surface area contributed by atoms with E-state index in [0.717, 1.165) is 16.8 Å². The number of rotatable bonds is 3. The van der Waals surface area contributed by atoms with Crippen LogP contribution in [0.5, 0.6) is 0 Å². The van der Waals surface area contributed by atoms with Crippen LogP contribution in [0, 0.1) is 19.8 Å². The minimum Gasteiger partial charge on any atom is -0.309 e. The molecule has 0 aliphatic carbocycles. The van der Waals surface area contributed by atoms with E-state index in [1.807, 2.05) is 45.9 Å². The summed E-state index contributed by atoms with van der Waals surface area (Å²) >= 11 is 0. The largest absolute Gasteiger partial charge is 0.320 e. The molecule has 4 nitrogen and oxygen atoms in total. The molecule has 0 bridgehead atoms. The van der Waals surface area contributed by atoms with Gasteiger partial charge >= 0.3 is 11.1 Å². The Morgan fingerprint density at radius 3 is 2.35 bits per heavy atom. The van der Waals surface area contributed by atoms with Crippen LogP contribution in [0.4, 0.5) is 0 Å². The van der Waals surface area contributed by atoms with Crippen molar-refractivity contribution in [3.8, 4) is 5.69 Å². The van der Waals surface area contributed by atoms with Gasteiger partial charge in [-0.2, -0.15) is 0 Å². The van der Waals surface area contributed by atoms with Gasteiger partial charge in [0.15, 0.2) is 0 Å². The molecule has 2 aromatic rings. The molecule has 1 heterocycles. The van der Waals surface area contributed by atoms with Crippen molar-refractivity contribution >= 4 is 0 Å². The monoisotopic (exact) mass is 272 g/mol. The third-order valence-electron chi connectivity index (χ3n) is 3.23. The normalized spacial score (nSPS) is 11.1. The zero-order valence-electron chi connectivity index (χ0n) is 12.4. The molecule has 0 N–H and O–H groups in total. The standard InChI is InChI=1S/C16H20N2O2/c1-11(2)10-17-7-8-18(16(20)15(17)19)14-6-5-12(3)9-13(14)4/h5-9,11H,10H2,1-4H3. The van der Waals surface area contributed by atoms with Crippen LogP contribution in [0.15, 0.2) is 40.2 Å². The summed E-state index contributed by atoms with van der Waals surface area (Å²) in [6.07, 6.45) is 3.35. The fraction of sp³-hybridized carbons (Fsp3) is 0.375. The molecule has 0 spiro atoms. The first-order chi connectivity index (χ1) is 9.40. The predicted octanol–water partition coefficient (Wildman–Crippen LogP) is 2.27. The molecular weight excluding hydrogens is 252 g/mol. The summed E-state index contributed by atoms with van der Waals surface area (Å²) in [5, 5.41) is 0. The maximum Gasteiger partial charge on any atom is 0.320 e. The zero-order chi connectivity index (χ0) is 14.9.